The molecule has 0 aliphatic carbocycles. The molecule has 1 aromatic rings. The first kappa shape index (κ1) is 13.7. The largest absolute Gasteiger partial charge is 0.489 e. The fourth-order valence-corrected chi connectivity index (χ4v) is 2.36. The highest BCUT2D eigenvalue weighted by molar-refractivity contribution is 6.32. The van der Waals surface area contributed by atoms with Crippen molar-refractivity contribution in [2.45, 2.75) is 31.8 Å². The second-order valence-electron chi connectivity index (χ2n) is 5.05. The van der Waals surface area contributed by atoms with Gasteiger partial charge in [-0.1, -0.05) is 17.7 Å². The van der Waals surface area contributed by atoms with Gasteiger partial charge in [0.05, 0.1) is 10.6 Å². The van der Waals surface area contributed by atoms with E-state index in [2.05, 4.69) is 5.32 Å². The monoisotopic (exact) mass is 269 g/mol. The summed E-state index contributed by atoms with van der Waals surface area (Å²) in [5, 5.41) is 14.3. The van der Waals surface area contributed by atoms with Crippen LogP contribution in [0.2, 0.25) is 5.02 Å². The minimum atomic E-state index is -0.740. The van der Waals surface area contributed by atoms with Gasteiger partial charge in [-0.3, -0.25) is 0 Å². The highest BCUT2D eigenvalue weighted by Crippen LogP contribution is 2.28. The Morgan fingerprint density at radius 1 is 1.39 bits per heavy atom. The number of benzene rings is 1. The summed E-state index contributed by atoms with van der Waals surface area (Å²) in [5.74, 6) is 0.655. The van der Waals surface area contributed by atoms with Crippen molar-refractivity contribution >= 4 is 11.6 Å². The van der Waals surface area contributed by atoms with E-state index in [9.17, 15) is 5.11 Å². The lowest BCUT2D eigenvalue weighted by molar-refractivity contribution is -0.0147. The van der Waals surface area contributed by atoms with Crippen molar-refractivity contribution in [1.29, 1.82) is 0 Å². The van der Waals surface area contributed by atoms with E-state index in [0.29, 0.717) is 17.4 Å². The van der Waals surface area contributed by atoms with Crippen LogP contribution in [0.3, 0.4) is 0 Å². The number of hydrogen-bond donors (Lipinski definition) is 2. The van der Waals surface area contributed by atoms with Crippen LogP contribution in [0, 0.1) is 6.92 Å². The van der Waals surface area contributed by atoms with Crippen LogP contribution in [0.4, 0.5) is 0 Å². The van der Waals surface area contributed by atoms with Crippen LogP contribution in [-0.4, -0.2) is 30.4 Å². The molecule has 1 aliphatic rings. The van der Waals surface area contributed by atoms with Crippen molar-refractivity contribution in [1.82, 2.24) is 5.32 Å². The first-order valence-corrected chi connectivity index (χ1v) is 6.79. The van der Waals surface area contributed by atoms with Crippen LogP contribution < -0.4 is 10.1 Å². The first-order chi connectivity index (χ1) is 8.59. The molecule has 4 heteroatoms. The van der Waals surface area contributed by atoms with E-state index in [1.165, 1.54) is 0 Å². The van der Waals surface area contributed by atoms with Gasteiger partial charge in [0.15, 0.2) is 0 Å². The van der Waals surface area contributed by atoms with E-state index >= 15 is 0 Å². The van der Waals surface area contributed by atoms with Gasteiger partial charge in [0.2, 0.25) is 0 Å². The highest BCUT2D eigenvalue weighted by Gasteiger charge is 2.29. The molecule has 3 nitrogen and oxygen atoms in total. The Bertz CT molecular complexity index is 401. The molecule has 0 aromatic heterocycles. The van der Waals surface area contributed by atoms with Gasteiger partial charge in [0.25, 0.3) is 0 Å². The summed E-state index contributed by atoms with van der Waals surface area (Å²) in [6, 6.07) is 5.67. The van der Waals surface area contributed by atoms with Gasteiger partial charge in [0, 0.05) is 0 Å². The Morgan fingerprint density at radius 2 is 2.22 bits per heavy atom. The summed E-state index contributed by atoms with van der Waals surface area (Å²) in [4.78, 5) is 0. The molecule has 1 aliphatic heterocycles. The molecule has 1 aromatic carbocycles. The molecule has 1 fully saturated rings. The molecule has 0 saturated carbocycles. The quantitative estimate of drug-likeness (QED) is 0.886. The minimum Gasteiger partial charge on any atom is -0.489 e. The molecule has 0 spiro atoms. The molecule has 1 atom stereocenters. The second kappa shape index (κ2) is 5.91. The topological polar surface area (TPSA) is 41.5 Å². The highest BCUT2D eigenvalue weighted by atomic mass is 35.5. The maximum absolute atomic E-state index is 10.5. The summed E-state index contributed by atoms with van der Waals surface area (Å²) >= 11 is 6.07. The predicted octanol–water partition coefficient (Wildman–Crippen LogP) is 2.53. The number of halogens is 1. The standard InChI is InChI=1S/C14H20ClNO2/c1-11-3-4-12(15)13(9-11)18-10-14(17)5-2-7-16-8-6-14/h3-4,9,16-17H,2,5-8,10H2,1H3/t14-/m1/s1. The van der Waals surface area contributed by atoms with E-state index in [-0.39, 0.29) is 0 Å². The van der Waals surface area contributed by atoms with Gasteiger partial charge in [-0.15, -0.1) is 0 Å². The van der Waals surface area contributed by atoms with Crippen molar-refractivity contribution < 1.29 is 9.84 Å². The summed E-state index contributed by atoms with van der Waals surface area (Å²) in [7, 11) is 0. The Morgan fingerprint density at radius 3 is 3.06 bits per heavy atom. The summed E-state index contributed by atoms with van der Waals surface area (Å²) in [6.07, 6.45) is 2.46. The lowest BCUT2D eigenvalue weighted by atomic mass is 9.96. The van der Waals surface area contributed by atoms with Crippen LogP contribution in [0.25, 0.3) is 0 Å². The van der Waals surface area contributed by atoms with Gasteiger partial charge >= 0.3 is 0 Å². The average Bonchev–Trinajstić information content (AvgIpc) is 2.56. The van der Waals surface area contributed by atoms with Crippen molar-refractivity contribution in [2.75, 3.05) is 19.7 Å². The number of aryl methyl sites for hydroxylation is 1. The minimum absolute atomic E-state index is 0.303. The lowest BCUT2D eigenvalue weighted by Gasteiger charge is -2.26. The van der Waals surface area contributed by atoms with Crippen molar-refractivity contribution in [3.8, 4) is 5.75 Å². The SMILES string of the molecule is Cc1ccc(Cl)c(OC[C@@]2(O)CCCNCC2)c1. The van der Waals surface area contributed by atoms with E-state index in [1.54, 1.807) is 0 Å². The Hall–Kier alpha value is -0.770. The number of nitrogens with one attached hydrogen (secondary N) is 1. The Balaban J connectivity index is 1.99. The van der Waals surface area contributed by atoms with E-state index in [1.807, 2.05) is 25.1 Å². The summed E-state index contributed by atoms with van der Waals surface area (Å²) in [6.45, 7) is 4.10. The Kier molecular flexibility index (Phi) is 4.49. The fourth-order valence-electron chi connectivity index (χ4n) is 2.19. The molecule has 2 N–H and O–H groups in total. The van der Waals surface area contributed by atoms with Crippen LogP contribution in [0.1, 0.15) is 24.8 Å². The zero-order valence-electron chi connectivity index (χ0n) is 10.7. The molecular formula is C14H20ClNO2. The molecule has 1 heterocycles. The smallest absolute Gasteiger partial charge is 0.138 e. The molecule has 100 valence electrons. The van der Waals surface area contributed by atoms with Crippen LogP contribution in [0.5, 0.6) is 5.75 Å². The lowest BCUT2D eigenvalue weighted by Crippen LogP contribution is -2.36. The van der Waals surface area contributed by atoms with E-state index in [4.69, 9.17) is 16.3 Å². The van der Waals surface area contributed by atoms with Crippen LogP contribution >= 0.6 is 11.6 Å². The van der Waals surface area contributed by atoms with Gasteiger partial charge in [-0.25, -0.2) is 0 Å². The van der Waals surface area contributed by atoms with Gasteiger partial charge < -0.3 is 15.2 Å². The molecule has 0 bridgehead atoms. The number of aliphatic hydroxyl groups is 1. The third-order valence-electron chi connectivity index (χ3n) is 3.35. The number of ether oxygens (including phenoxy) is 1. The number of rotatable bonds is 3. The summed E-state index contributed by atoms with van der Waals surface area (Å²) in [5.41, 5.74) is 0.361. The molecule has 0 amide bonds. The molecular weight excluding hydrogens is 250 g/mol. The van der Waals surface area contributed by atoms with Crippen LogP contribution in [-0.2, 0) is 0 Å². The molecule has 0 unspecified atom stereocenters. The van der Waals surface area contributed by atoms with Gasteiger partial charge in [-0.05, 0) is 57.0 Å². The first-order valence-electron chi connectivity index (χ1n) is 6.41. The zero-order chi connectivity index (χ0) is 13.0. The molecule has 1 saturated heterocycles. The van der Waals surface area contributed by atoms with Crippen molar-refractivity contribution in [3.05, 3.63) is 28.8 Å². The fraction of sp³-hybridized carbons (Fsp3) is 0.571. The Labute approximate surface area is 113 Å². The zero-order valence-corrected chi connectivity index (χ0v) is 11.5. The maximum Gasteiger partial charge on any atom is 0.138 e. The third-order valence-corrected chi connectivity index (χ3v) is 3.66. The van der Waals surface area contributed by atoms with Crippen LogP contribution in [0.15, 0.2) is 18.2 Å². The van der Waals surface area contributed by atoms with Crippen molar-refractivity contribution in [3.63, 3.8) is 0 Å². The number of hydrogen-bond acceptors (Lipinski definition) is 3. The predicted molar refractivity (Wildman–Crippen MR) is 73.4 cm³/mol. The normalized spacial score (nSPS) is 24.6. The molecule has 2 rings (SSSR count). The van der Waals surface area contributed by atoms with Gasteiger partial charge in [-0.2, -0.15) is 0 Å². The van der Waals surface area contributed by atoms with E-state index in [0.717, 1.165) is 37.9 Å². The maximum atomic E-state index is 10.5. The summed E-state index contributed by atoms with van der Waals surface area (Å²) < 4.78 is 5.71. The van der Waals surface area contributed by atoms with Crippen molar-refractivity contribution in [2.24, 2.45) is 0 Å². The molecule has 0 radical (unpaired) electrons. The van der Waals surface area contributed by atoms with Gasteiger partial charge in [0.1, 0.15) is 12.4 Å². The molecule has 18 heavy (non-hydrogen) atoms. The van der Waals surface area contributed by atoms with E-state index < -0.39 is 5.60 Å². The third kappa shape index (κ3) is 3.61. The second-order valence-corrected chi connectivity index (χ2v) is 5.46. The average molecular weight is 270 g/mol.